The Morgan fingerprint density at radius 3 is 2.65 bits per heavy atom. The van der Waals surface area contributed by atoms with Gasteiger partial charge in [0.1, 0.15) is 0 Å². The molecule has 0 fully saturated rings. The highest BCUT2D eigenvalue weighted by Gasteiger charge is 2.10. The summed E-state index contributed by atoms with van der Waals surface area (Å²) < 4.78 is 14.7. The molecule has 0 aliphatic carbocycles. The number of nitrogens with one attached hydrogen (secondary N) is 1. The van der Waals surface area contributed by atoms with Crippen LogP contribution in [-0.2, 0) is 6.54 Å². The predicted molar refractivity (Wildman–Crippen MR) is 79.3 cm³/mol. The number of aryl methyl sites for hydroxylation is 1. The largest absolute Gasteiger partial charge is 0.379 e. The summed E-state index contributed by atoms with van der Waals surface area (Å²) in [7, 11) is 0. The van der Waals surface area contributed by atoms with Crippen LogP contribution in [0, 0.1) is 22.9 Å². The molecule has 0 saturated carbocycles. The van der Waals surface area contributed by atoms with Gasteiger partial charge in [0.25, 0.3) is 5.69 Å². The van der Waals surface area contributed by atoms with Crippen LogP contribution in [0.25, 0.3) is 0 Å². The number of nitro benzene ring substituents is 1. The number of benzene rings is 2. The molecule has 0 radical (unpaired) electrons. The van der Waals surface area contributed by atoms with Crippen molar-refractivity contribution in [2.75, 3.05) is 5.32 Å². The minimum absolute atomic E-state index is 0.246. The maximum Gasteiger partial charge on any atom is 0.272 e. The van der Waals surface area contributed by atoms with Gasteiger partial charge in [0.05, 0.1) is 16.7 Å². The summed E-state index contributed by atoms with van der Waals surface area (Å²) >= 11 is 3.41. The predicted octanol–water partition coefficient (Wildman–Crippen LogP) is 4.42. The third kappa shape index (κ3) is 3.33. The Hall–Kier alpha value is -1.95. The van der Waals surface area contributed by atoms with E-state index in [0.717, 1.165) is 21.7 Å². The number of hydrogen-bond donors (Lipinski definition) is 1. The fraction of sp³-hybridized carbons (Fsp3) is 0.143. The Balaban J connectivity index is 2.10. The summed E-state index contributed by atoms with van der Waals surface area (Å²) in [4.78, 5) is 9.91. The number of nitrogens with zero attached hydrogens (tertiary/aromatic N) is 1. The average Bonchev–Trinajstić information content (AvgIpc) is 2.41. The van der Waals surface area contributed by atoms with Gasteiger partial charge in [-0.25, -0.2) is 4.39 Å². The zero-order chi connectivity index (χ0) is 14.7. The van der Waals surface area contributed by atoms with E-state index in [0.29, 0.717) is 6.54 Å². The molecule has 0 spiro atoms. The molecule has 2 rings (SSSR count). The van der Waals surface area contributed by atoms with Gasteiger partial charge in [-0.3, -0.25) is 10.1 Å². The number of nitro groups is 1. The van der Waals surface area contributed by atoms with E-state index in [4.69, 9.17) is 0 Å². The van der Waals surface area contributed by atoms with E-state index in [9.17, 15) is 14.5 Å². The fourth-order valence-electron chi connectivity index (χ4n) is 1.77. The summed E-state index contributed by atoms with van der Waals surface area (Å²) in [5.41, 5.74) is 2.08. The minimum Gasteiger partial charge on any atom is -0.379 e. The van der Waals surface area contributed by atoms with Gasteiger partial charge in [-0.2, -0.15) is 0 Å². The number of halogens is 2. The van der Waals surface area contributed by atoms with Crippen LogP contribution in [0.15, 0.2) is 40.9 Å². The second-order valence-corrected chi connectivity index (χ2v) is 5.21. The van der Waals surface area contributed by atoms with Gasteiger partial charge in [0, 0.05) is 17.1 Å². The molecule has 0 aromatic heterocycles. The molecule has 0 amide bonds. The molecular formula is C14H12BrFN2O2. The second-order valence-electron chi connectivity index (χ2n) is 4.36. The van der Waals surface area contributed by atoms with Crippen molar-refractivity contribution in [1.82, 2.24) is 0 Å². The lowest BCUT2D eigenvalue weighted by molar-refractivity contribution is -0.385. The summed E-state index contributed by atoms with van der Waals surface area (Å²) in [5.74, 6) is -0.631. The van der Waals surface area contributed by atoms with Crippen molar-refractivity contribution >= 4 is 27.3 Å². The standard InChI is InChI=1S/C14H12BrFN2O2/c1-9-6-10(2-4-12(9)15)8-17-14-5-3-11(18(19)20)7-13(14)16/h2-7,17H,8H2,1H3. The van der Waals surface area contributed by atoms with Crippen LogP contribution in [-0.4, -0.2) is 4.92 Å². The lowest BCUT2D eigenvalue weighted by Gasteiger charge is -2.09. The minimum atomic E-state index is -0.631. The van der Waals surface area contributed by atoms with E-state index < -0.39 is 10.7 Å². The lowest BCUT2D eigenvalue weighted by atomic mass is 10.1. The highest BCUT2D eigenvalue weighted by atomic mass is 79.9. The van der Waals surface area contributed by atoms with Gasteiger partial charge in [0.2, 0.25) is 0 Å². The Kier molecular flexibility index (Phi) is 4.34. The average molecular weight is 339 g/mol. The molecule has 0 saturated heterocycles. The van der Waals surface area contributed by atoms with Crippen molar-refractivity contribution in [2.45, 2.75) is 13.5 Å². The van der Waals surface area contributed by atoms with Crippen LogP contribution in [0.5, 0.6) is 0 Å². The van der Waals surface area contributed by atoms with E-state index >= 15 is 0 Å². The van der Waals surface area contributed by atoms with Crippen molar-refractivity contribution < 1.29 is 9.31 Å². The van der Waals surface area contributed by atoms with E-state index in [1.54, 1.807) is 0 Å². The van der Waals surface area contributed by atoms with Gasteiger partial charge in [-0.15, -0.1) is 0 Å². The normalized spacial score (nSPS) is 10.3. The molecule has 6 heteroatoms. The Labute approximate surface area is 123 Å². The first-order valence-electron chi connectivity index (χ1n) is 5.90. The highest BCUT2D eigenvalue weighted by Crippen LogP contribution is 2.22. The quantitative estimate of drug-likeness (QED) is 0.663. The number of anilines is 1. The topological polar surface area (TPSA) is 55.2 Å². The SMILES string of the molecule is Cc1cc(CNc2ccc([N+](=O)[O-])cc2F)ccc1Br. The molecule has 1 N–H and O–H groups in total. The smallest absolute Gasteiger partial charge is 0.272 e. The van der Waals surface area contributed by atoms with Crippen LogP contribution in [0.2, 0.25) is 0 Å². The maximum atomic E-state index is 13.7. The van der Waals surface area contributed by atoms with Crippen molar-refractivity contribution in [3.05, 3.63) is 67.9 Å². The maximum absolute atomic E-state index is 13.7. The third-order valence-corrected chi connectivity index (χ3v) is 3.76. The van der Waals surface area contributed by atoms with Crippen molar-refractivity contribution in [1.29, 1.82) is 0 Å². The van der Waals surface area contributed by atoms with Gasteiger partial charge in [0.15, 0.2) is 5.82 Å². The molecule has 0 atom stereocenters. The monoisotopic (exact) mass is 338 g/mol. The lowest BCUT2D eigenvalue weighted by Crippen LogP contribution is -2.02. The van der Waals surface area contributed by atoms with Crippen molar-refractivity contribution in [3.63, 3.8) is 0 Å². The van der Waals surface area contributed by atoms with Crippen LogP contribution in [0.1, 0.15) is 11.1 Å². The van der Waals surface area contributed by atoms with Gasteiger partial charge in [-0.1, -0.05) is 28.1 Å². The molecule has 0 aliphatic rings. The van der Waals surface area contributed by atoms with E-state index in [1.807, 2.05) is 25.1 Å². The van der Waals surface area contributed by atoms with E-state index in [-0.39, 0.29) is 11.4 Å². The molecule has 0 unspecified atom stereocenters. The molecule has 2 aromatic rings. The Morgan fingerprint density at radius 2 is 2.05 bits per heavy atom. The third-order valence-electron chi connectivity index (χ3n) is 2.87. The van der Waals surface area contributed by atoms with Gasteiger partial charge in [-0.05, 0) is 30.2 Å². The van der Waals surface area contributed by atoms with Crippen LogP contribution >= 0.6 is 15.9 Å². The summed E-state index contributed by atoms with van der Waals surface area (Å²) in [5, 5.41) is 13.5. The van der Waals surface area contributed by atoms with Crippen LogP contribution in [0.3, 0.4) is 0 Å². The Morgan fingerprint density at radius 1 is 1.30 bits per heavy atom. The van der Waals surface area contributed by atoms with Crippen molar-refractivity contribution in [3.8, 4) is 0 Å². The molecule has 0 heterocycles. The molecule has 0 aliphatic heterocycles. The highest BCUT2D eigenvalue weighted by molar-refractivity contribution is 9.10. The first kappa shape index (κ1) is 14.5. The number of rotatable bonds is 4. The molecule has 2 aromatic carbocycles. The van der Waals surface area contributed by atoms with E-state index in [2.05, 4.69) is 21.2 Å². The molecule has 4 nitrogen and oxygen atoms in total. The van der Waals surface area contributed by atoms with Crippen LogP contribution < -0.4 is 5.32 Å². The number of non-ortho nitro benzene ring substituents is 1. The molecular weight excluding hydrogens is 327 g/mol. The van der Waals surface area contributed by atoms with Gasteiger partial charge < -0.3 is 5.32 Å². The number of hydrogen-bond acceptors (Lipinski definition) is 3. The Bertz CT molecular complexity index is 662. The fourth-order valence-corrected chi connectivity index (χ4v) is 2.02. The summed E-state index contributed by atoms with van der Waals surface area (Å²) in [6.45, 7) is 2.42. The second kappa shape index (κ2) is 6.00. The van der Waals surface area contributed by atoms with Crippen molar-refractivity contribution in [2.24, 2.45) is 0 Å². The molecule has 104 valence electrons. The van der Waals surface area contributed by atoms with Gasteiger partial charge >= 0.3 is 0 Å². The molecule has 0 bridgehead atoms. The zero-order valence-electron chi connectivity index (χ0n) is 10.7. The van der Waals surface area contributed by atoms with Crippen LogP contribution in [0.4, 0.5) is 15.8 Å². The zero-order valence-corrected chi connectivity index (χ0v) is 12.3. The molecule has 20 heavy (non-hydrogen) atoms. The van der Waals surface area contributed by atoms with E-state index in [1.165, 1.54) is 12.1 Å². The first-order valence-corrected chi connectivity index (χ1v) is 6.69. The first-order chi connectivity index (χ1) is 9.47. The summed E-state index contributed by atoms with van der Waals surface area (Å²) in [6.07, 6.45) is 0. The summed E-state index contributed by atoms with van der Waals surface area (Å²) in [6, 6.07) is 9.40.